The summed E-state index contributed by atoms with van der Waals surface area (Å²) in [5.74, 6) is -6.14. The quantitative estimate of drug-likeness (QED) is 0.630. The first-order chi connectivity index (χ1) is 9.51. The van der Waals surface area contributed by atoms with Crippen LogP contribution < -0.4 is 0 Å². The van der Waals surface area contributed by atoms with Crippen LogP contribution in [0.3, 0.4) is 0 Å². The highest BCUT2D eigenvalue weighted by Crippen LogP contribution is 2.42. The molecule has 2 aromatic heterocycles. The molecule has 21 heavy (non-hydrogen) atoms. The Morgan fingerprint density at radius 3 is 2.29 bits per heavy atom. The first-order valence-electron chi connectivity index (χ1n) is 5.32. The summed E-state index contributed by atoms with van der Waals surface area (Å²) in [4.78, 5) is 17.8. The third-order valence-electron chi connectivity index (χ3n) is 2.68. The Morgan fingerprint density at radius 2 is 1.76 bits per heavy atom. The molecule has 0 radical (unpaired) electrons. The monoisotopic (exact) mass is 374 g/mol. The predicted molar refractivity (Wildman–Crippen MR) is 63.7 cm³/mol. The summed E-state index contributed by atoms with van der Waals surface area (Å²) in [5, 5.41) is -0.118. The maximum absolute atomic E-state index is 12.6. The summed E-state index contributed by atoms with van der Waals surface area (Å²) in [7, 11) is 0. The number of halogens is 7. The summed E-state index contributed by atoms with van der Waals surface area (Å²) < 4.78 is 75.7. The van der Waals surface area contributed by atoms with Gasteiger partial charge in [0.2, 0.25) is 5.92 Å². The van der Waals surface area contributed by atoms with Gasteiger partial charge in [-0.05, 0) is 22.0 Å². The number of fused-ring (bicyclic) bond motifs is 1. The van der Waals surface area contributed by atoms with Crippen molar-refractivity contribution in [3.8, 4) is 0 Å². The fourth-order valence-electron chi connectivity index (χ4n) is 1.82. The Bertz CT molecular complexity index is 676. The van der Waals surface area contributed by atoms with Crippen LogP contribution in [0.2, 0.25) is 0 Å². The molecule has 0 fully saturated rings. The van der Waals surface area contributed by atoms with E-state index in [0.717, 1.165) is 6.20 Å². The number of nitrogens with one attached hydrogen (secondary N) is 1. The zero-order chi connectivity index (χ0) is 16.0. The van der Waals surface area contributed by atoms with Crippen molar-refractivity contribution in [2.75, 3.05) is 0 Å². The lowest BCUT2D eigenvalue weighted by Crippen LogP contribution is -2.42. The number of aromatic amines is 1. The minimum Gasteiger partial charge on any atom is -0.345 e. The van der Waals surface area contributed by atoms with Crippen LogP contribution in [0.25, 0.3) is 11.0 Å². The number of Topliss-reactive ketones (excluding diaryl/α,β-unsaturated/α-hetero) is 1. The van der Waals surface area contributed by atoms with Gasteiger partial charge in [-0.2, -0.15) is 26.3 Å². The summed E-state index contributed by atoms with van der Waals surface area (Å²) in [6.07, 6.45) is -9.37. The second kappa shape index (κ2) is 5.00. The van der Waals surface area contributed by atoms with Crippen molar-refractivity contribution < 1.29 is 31.1 Å². The van der Waals surface area contributed by atoms with Gasteiger partial charge in [0, 0.05) is 27.8 Å². The van der Waals surface area contributed by atoms with Crippen molar-refractivity contribution in [1.29, 1.82) is 0 Å². The number of rotatable bonds is 2. The van der Waals surface area contributed by atoms with E-state index in [1.165, 1.54) is 12.3 Å². The molecule has 0 aromatic carbocycles. The van der Waals surface area contributed by atoms with Gasteiger partial charge in [-0.3, -0.25) is 4.79 Å². The highest BCUT2D eigenvalue weighted by molar-refractivity contribution is 9.10. The van der Waals surface area contributed by atoms with Crippen molar-refractivity contribution in [2.24, 2.45) is 5.92 Å². The number of nitrogens with zero attached hydrogens (tertiary/aromatic N) is 1. The maximum atomic E-state index is 12.6. The molecule has 10 heteroatoms. The van der Waals surface area contributed by atoms with E-state index >= 15 is 0 Å². The molecular weight excluding hydrogens is 370 g/mol. The Balaban J connectivity index is 2.57. The lowest BCUT2D eigenvalue weighted by atomic mass is 9.96. The van der Waals surface area contributed by atoms with Crippen LogP contribution in [-0.2, 0) is 0 Å². The highest BCUT2D eigenvalue weighted by atomic mass is 79.9. The second-order valence-electron chi connectivity index (χ2n) is 4.13. The number of aromatic nitrogens is 2. The standard InChI is InChI=1S/C11H5BrF6N2O/c12-4-1-5-6(3-20-9(5)19-2-4)7(21)8(10(13,14)15)11(16,17)18/h1-3,8H,(H,19,20). The fourth-order valence-corrected chi connectivity index (χ4v) is 2.15. The zero-order valence-corrected chi connectivity index (χ0v) is 11.4. The topological polar surface area (TPSA) is 45.8 Å². The third kappa shape index (κ3) is 3.04. The molecule has 0 atom stereocenters. The van der Waals surface area contributed by atoms with Crippen molar-refractivity contribution in [1.82, 2.24) is 9.97 Å². The van der Waals surface area contributed by atoms with Gasteiger partial charge in [-0.15, -0.1) is 0 Å². The lowest BCUT2D eigenvalue weighted by Gasteiger charge is -2.21. The van der Waals surface area contributed by atoms with Gasteiger partial charge < -0.3 is 4.98 Å². The van der Waals surface area contributed by atoms with Gasteiger partial charge in [0.15, 0.2) is 5.78 Å². The Labute approximate surface area is 121 Å². The molecule has 0 spiro atoms. The smallest absolute Gasteiger partial charge is 0.345 e. The molecule has 0 unspecified atom stereocenters. The van der Waals surface area contributed by atoms with E-state index in [2.05, 4.69) is 25.9 Å². The van der Waals surface area contributed by atoms with E-state index in [1.54, 1.807) is 0 Å². The predicted octanol–water partition coefficient (Wildman–Crippen LogP) is 4.25. The van der Waals surface area contributed by atoms with E-state index < -0.39 is 29.6 Å². The van der Waals surface area contributed by atoms with Crippen molar-refractivity contribution in [2.45, 2.75) is 12.4 Å². The average Bonchev–Trinajstić information content (AvgIpc) is 2.67. The summed E-state index contributed by atoms with van der Waals surface area (Å²) in [6, 6.07) is 1.22. The Morgan fingerprint density at radius 1 is 1.19 bits per heavy atom. The van der Waals surface area contributed by atoms with Gasteiger partial charge in [-0.1, -0.05) is 0 Å². The van der Waals surface area contributed by atoms with E-state index in [1.807, 2.05) is 0 Å². The number of ketones is 1. The van der Waals surface area contributed by atoms with E-state index in [0.29, 0.717) is 4.47 Å². The molecule has 3 nitrogen and oxygen atoms in total. The highest BCUT2D eigenvalue weighted by Gasteiger charge is 2.61. The molecule has 2 heterocycles. The van der Waals surface area contributed by atoms with Crippen molar-refractivity contribution in [3.63, 3.8) is 0 Å². The molecule has 0 bridgehead atoms. The maximum Gasteiger partial charge on any atom is 0.407 e. The van der Waals surface area contributed by atoms with Gasteiger partial charge in [0.25, 0.3) is 0 Å². The number of alkyl halides is 6. The number of pyridine rings is 1. The molecule has 0 saturated heterocycles. The van der Waals surface area contributed by atoms with Crippen molar-refractivity contribution >= 4 is 32.7 Å². The first-order valence-corrected chi connectivity index (χ1v) is 6.11. The van der Waals surface area contributed by atoms with Crippen molar-refractivity contribution in [3.05, 3.63) is 28.5 Å². The Kier molecular flexibility index (Phi) is 3.77. The van der Waals surface area contributed by atoms with Crippen LogP contribution in [0.1, 0.15) is 10.4 Å². The summed E-state index contributed by atoms with van der Waals surface area (Å²) in [5.41, 5.74) is -0.692. The number of carbonyl (C=O) groups excluding carboxylic acids is 1. The van der Waals surface area contributed by atoms with Crippen LogP contribution in [-0.4, -0.2) is 28.1 Å². The molecule has 2 rings (SSSR count). The normalized spacial score (nSPS) is 13.1. The molecule has 0 aliphatic rings. The minimum atomic E-state index is -5.72. The molecule has 114 valence electrons. The largest absolute Gasteiger partial charge is 0.407 e. The molecule has 0 aliphatic heterocycles. The van der Waals surface area contributed by atoms with Gasteiger partial charge in [-0.25, -0.2) is 4.98 Å². The van der Waals surface area contributed by atoms with Crippen LogP contribution in [0, 0.1) is 5.92 Å². The number of carbonyl (C=O) groups is 1. The van der Waals surface area contributed by atoms with Crippen LogP contribution in [0.15, 0.2) is 22.9 Å². The van der Waals surface area contributed by atoms with Crippen LogP contribution in [0.5, 0.6) is 0 Å². The average molecular weight is 375 g/mol. The minimum absolute atomic E-state index is 0.0182. The van der Waals surface area contributed by atoms with E-state index in [9.17, 15) is 31.1 Å². The zero-order valence-electron chi connectivity index (χ0n) is 9.81. The molecule has 0 amide bonds. The SMILES string of the molecule is O=C(c1c[nH]c2ncc(Br)cc12)C(C(F)(F)F)C(F)(F)F. The molecule has 2 aromatic rings. The van der Waals surface area contributed by atoms with Crippen LogP contribution >= 0.6 is 15.9 Å². The molecular formula is C11H5BrF6N2O. The summed E-state index contributed by atoms with van der Waals surface area (Å²) >= 11 is 2.98. The molecule has 0 aliphatic carbocycles. The van der Waals surface area contributed by atoms with Crippen LogP contribution in [0.4, 0.5) is 26.3 Å². The molecule has 0 saturated carbocycles. The van der Waals surface area contributed by atoms with E-state index in [4.69, 9.17) is 0 Å². The van der Waals surface area contributed by atoms with Gasteiger partial charge in [0.1, 0.15) is 5.65 Å². The fraction of sp³-hybridized carbons (Fsp3) is 0.273. The molecule has 1 N–H and O–H groups in total. The van der Waals surface area contributed by atoms with Gasteiger partial charge >= 0.3 is 12.4 Å². The number of hydrogen-bond donors (Lipinski definition) is 1. The first kappa shape index (κ1) is 15.8. The van der Waals surface area contributed by atoms with Gasteiger partial charge in [0.05, 0.1) is 0 Å². The summed E-state index contributed by atoms with van der Waals surface area (Å²) in [6.45, 7) is 0. The second-order valence-corrected chi connectivity index (χ2v) is 5.05. The third-order valence-corrected chi connectivity index (χ3v) is 3.11. The Hall–Kier alpha value is -1.58. The lowest BCUT2D eigenvalue weighted by molar-refractivity contribution is -0.264. The van der Waals surface area contributed by atoms with E-state index in [-0.39, 0.29) is 11.0 Å². The number of H-pyrrole nitrogens is 1. The number of hydrogen-bond acceptors (Lipinski definition) is 2.